The van der Waals surface area contributed by atoms with Crippen LogP contribution < -0.4 is 10.1 Å². The van der Waals surface area contributed by atoms with Gasteiger partial charge in [0.1, 0.15) is 10.7 Å². The Morgan fingerprint density at radius 1 is 1.14 bits per heavy atom. The summed E-state index contributed by atoms with van der Waals surface area (Å²) >= 11 is 5.64. The second-order valence-electron chi connectivity index (χ2n) is 7.65. The van der Waals surface area contributed by atoms with Gasteiger partial charge in [0.2, 0.25) is 0 Å². The smallest absolute Gasteiger partial charge is 0.262 e. The first-order valence-corrected chi connectivity index (χ1v) is 10.2. The van der Waals surface area contributed by atoms with E-state index < -0.39 is 0 Å². The third-order valence-electron chi connectivity index (χ3n) is 5.20. The molecule has 0 atom stereocenters. The number of anilines is 1. The van der Waals surface area contributed by atoms with Gasteiger partial charge in [-0.25, -0.2) is 0 Å². The number of ether oxygens (including phenoxy) is 1. The Bertz CT molecular complexity index is 840. The SMILES string of the molecule is Cc1ccc(NC(=O)COc2ccc(C(=S)N3CCC(C)CC3)cc2)c(C)c1. The van der Waals surface area contributed by atoms with Gasteiger partial charge in [-0.15, -0.1) is 0 Å². The van der Waals surface area contributed by atoms with Crippen molar-refractivity contribution in [2.75, 3.05) is 25.0 Å². The number of amides is 1. The van der Waals surface area contributed by atoms with Crippen molar-refractivity contribution < 1.29 is 9.53 Å². The van der Waals surface area contributed by atoms with E-state index in [0.29, 0.717) is 5.75 Å². The minimum absolute atomic E-state index is 0.0267. The zero-order valence-corrected chi connectivity index (χ0v) is 17.6. The quantitative estimate of drug-likeness (QED) is 0.742. The summed E-state index contributed by atoms with van der Waals surface area (Å²) in [6, 6.07) is 13.6. The molecule has 0 spiro atoms. The van der Waals surface area contributed by atoms with Crippen molar-refractivity contribution in [1.82, 2.24) is 4.90 Å². The fraction of sp³-hybridized carbons (Fsp3) is 0.391. The highest BCUT2D eigenvalue weighted by Gasteiger charge is 2.18. The summed E-state index contributed by atoms with van der Waals surface area (Å²) in [4.78, 5) is 15.3. The first kappa shape index (κ1) is 20.3. The third kappa shape index (κ3) is 5.32. The number of aryl methyl sites for hydroxylation is 2. The van der Waals surface area contributed by atoms with Gasteiger partial charge in [-0.3, -0.25) is 4.79 Å². The van der Waals surface area contributed by atoms with Crippen LogP contribution in [-0.4, -0.2) is 35.5 Å². The Hall–Kier alpha value is -2.40. The van der Waals surface area contributed by atoms with Crippen LogP contribution in [0.5, 0.6) is 5.75 Å². The fourth-order valence-corrected chi connectivity index (χ4v) is 3.70. The number of nitrogens with one attached hydrogen (secondary N) is 1. The first-order chi connectivity index (χ1) is 13.4. The molecule has 1 fully saturated rings. The Labute approximate surface area is 172 Å². The summed E-state index contributed by atoms with van der Waals surface area (Å²) in [6.45, 7) is 8.33. The molecule has 3 rings (SSSR count). The molecule has 28 heavy (non-hydrogen) atoms. The maximum atomic E-state index is 12.2. The van der Waals surface area contributed by atoms with Gasteiger partial charge in [-0.05, 0) is 68.5 Å². The Morgan fingerprint density at radius 3 is 2.46 bits per heavy atom. The standard InChI is InChI=1S/C23H28N2O2S/c1-16-10-12-25(13-11-16)23(28)19-5-7-20(8-6-19)27-15-22(26)24-21-9-4-17(2)14-18(21)3/h4-9,14,16H,10-13,15H2,1-3H3,(H,24,26). The van der Waals surface area contributed by atoms with E-state index in [1.807, 2.05) is 56.3 Å². The van der Waals surface area contributed by atoms with E-state index in [-0.39, 0.29) is 12.5 Å². The highest BCUT2D eigenvalue weighted by atomic mass is 32.1. The van der Waals surface area contributed by atoms with E-state index in [0.717, 1.165) is 40.8 Å². The van der Waals surface area contributed by atoms with Crippen LogP contribution in [0.15, 0.2) is 42.5 Å². The summed E-state index contributed by atoms with van der Waals surface area (Å²) in [5.74, 6) is 1.27. The third-order valence-corrected chi connectivity index (χ3v) is 5.69. The largest absolute Gasteiger partial charge is 0.484 e. The van der Waals surface area contributed by atoms with Crippen LogP contribution in [0.25, 0.3) is 0 Å². The molecule has 1 heterocycles. The van der Waals surface area contributed by atoms with Crippen molar-refractivity contribution in [2.24, 2.45) is 5.92 Å². The van der Waals surface area contributed by atoms with E-state index in [2.05, 4.69) is 17.1 Å². The van der Waals surface area contributed by atoms with Crippen LogP contribution in [0.1, 0.15) is 36.5 Å². The maximum absolute atomic E-state index is 12.2. The van der Waals surface area contributed by atoms with Crippen LogP contribution >= 0.6 is 12.2 Å². The summed E-state index contributed by atoms with van der Waals surface area (Å²) < 4.78 is 5.63. The van der Waals surface area contributed by atoms with Crippen molar-refractivity contribution in [1.29, 1.82) is 0 Å². The van der Waals surface area contributed by atoms with Crippen LogP contribution in [0, 0.1) is 19.8 Å². The van der Waals surface area contributed by atoms with E-state index >= 15 is 0 Å². The summed E-state index contributed by atoms with van der Waals surface area (Å²) in [5, 5.41) is 2.89. The molecule has 148 valence electrons. The molecule has 0 unspecified atom stereocenters. The normalized spacial score (nSPS) is 14.6. The summed E-state index contributed by atoms with van der Waals surface area (Å²) in [5.41, 5.74) is 4.05. The molecule has 1 saturated heterocycles. The molecule has 4 nitrogen and oxygen atoms in total. The Balaban J connectivity index is 1.51. The number of carbonyl (C=O) groups is 1. The molecular formula is C23H28N2O2S. The number of hydrogen-bond donors (Lipinski definition) is 1. The van der Waals surface area contributed by atoms with E-state index in [4.69, 9.17) is 17.0 Å². The number of rotatable bonds is 5. The number of likely N-dealkylation sites (tertiary alicyclic amines) is 1. The van der Waals surface area contributed by atoms with Gasteiger partial charge in [-0.1, -0.05) is 36.8 Å². The van der Waals surface area contributed by atoms with Gasteiger partial charge >= 0.3 is 0 Å². The average Bonchev–Trinajstić information content (AvgIpc) is 2.69. The molecule has 1 aliphatic rings. The van der Waals surface area contributed by atoms with E-state index in [1.54, 1.807) is 0 Å². The predicted molar refractivity (Wildman–Crippen MR) is 118 cm³/mol. The fourth-order valence-electron chi connectivity index (χ4n) is 3.38. The molecule has 1 N–H and O–H groups in total. The zero-order valence-electron chi connectivity index (χ0n) is 16.8. The van der Waals surface area contributed by atoms with Gasteiger partial charge in [0, 0.05) is 24.3 Å². The van der Waals surface area contributed by atoms with Crippen LogP contribution in [0.2, 0.25) is 0 Å². The van der Waals surface area contributed by atoms with Gasteiger partial charge in [0.15, 0.2) is 6.61 Å². The number of nitrogens with zero attached hydrogens (tertiary/aromatic N) is 1. The number of hydrogen-bond acceptors (Lipinski definition) is 3. The van der Waals surface area contributed by atoms with Crippen LogP contribution in [0.3, 0.4) is 0 Å². The summed E-state index contributed by atoms with van der Waals surface area (Å²) in [6.07, 6.45) is 2.38. The molecule has 0 aromatic heterocycles. The highest BCUT2D eigenvalue weighted by Crippen LogP contribution is 2.20. The molecular weight excluding hydrogens is 368 g/mol. The zero-order chi connectivity index (χ0) is 20.1. The van der Waals surface area contributed by atoms with Crippen molar-refractivity contribution >= 4 is 28.8 Å². The van der Waals surface area contributed by atoms with Crippen LogP contribution in [-0.2, 0) is 4.79 Å². The van der Waals surface area contributed by atoms with Gasteiger partial charge < -0.3 is 15.0 Å². The predicted octanol–water partition coefficient (Wildman–Crippen LogP) is 4.73. The molecule has 1 amide bonds. The minimum Gasteiger partial charge on any atom is -0.484 e. The van der Waals surface area contributed by atoms with Crippen molar-refractivity contribution in [3.63, 3.8) is 0 Å². The molecule has 5 heteroatoms. The van der Waals surface area contributed by atoms with Gasteiger partial charge in [0.25, 0.3) is 5.91 Å². The number of benzene rings is 2. The minimum atomic E-state index is -0.172. The van der Waals surface area contributed by atoms with Crippen LogP contribution in [0.4, 0.5) is 5.69 Å². The Morgan fingerprint density at radius 2 is 1.82 bits per heavy atom. The van der Waals surface area contributed by atoms with Gasteiger partial charge in [0.05, 0.1) is 0 Å². The first-order valence-electron chi connectivity index (χ1n) is 9.81. The number of carbonyl (C=O) groups excluding carboxylic acids is 1. The lowest BCUT2D eigenvalue weighted by Crippen LogP contribution is -2.37. The average molecular weight is 397 g/mol. The Kier molecular flexibility index (Phi) is 6.68. The van der Waals surface area contributed by atoms with Crippen molar-refractivity contribution in [3.05, 3.63) is 59.2 Å². The lowest BCUT2D eigenvalue weighted by atomic mass is 9.99. The molecule has 0 radical (unpaired) electrons. The lowest BCUT2D eigenvalue weighted by molar-refractivity contribution is -0.118. The molecule has 0 aliphatic carbocycles. The molecule has 2 aromatic carbocycles. The highest BCUT2D eigenvalue weighted by molar-refractivity contribution is 7.80. The van der Waals surface area contributed by atoms with Crippen molar-refractivity contribution in [2.45, 2.75) is 33.6 Å². The van der Waals surface area contributed by atoms with E-state index in [1.165, 1.54) is 18.4 Å². The van der Waals surface area contributed by atoms with Crippen molar-refractivity contribution in [3.8, 4) is 5.75 Å². The second-order valence-corrected chi connectivity index (χ2v) is 8.04. The molecule has 0 saturated carbocycles. The monoisotopic (exact) mass is 396 g/mol. The number of piperidine rings is 1. The maximum Gasteiger partial charge on any atom is 0.262 e. The molecule has 1 aliphatic heterocycles. The lowest BCUT2D eigenvalue weighted by Gasteiger charge is -2.32. The summed E-state index contributed by atoms with van der Waals surface area (Å²) in [7, 11) is 0. The van der Waals surface area contributed by atoms with Gasteiger partial charge in [-0.2, -0.15) is 0 Å². The molecule has 0 bridgehead atoms. The second kappa shape index (κ2) is 9.20. The molecule has 2 aromatic rings. The van der Waals surface area contributed by atoms with E-state index in [9.17, 15) is 4.79 Å². The number of thiocarbonyl (C=S) groups is 1. The topological polar surface area (TPSA) is 41.6 Å².